The van der Waals surface area contributed by atoms with E-state index in [2.05, 4.69) is 0 Å². The Bertz CT molecular complexity index is 626. The van der Waals surface area contributed by atoms with Crippen molar-refractivity contribution in [3.63, 3.8) is 0 Å². The summed E-state index contributed by atoms with van der Waals surface area (Å²) in [4.78, 5) is 24.9. The van der Waals surface area contributed by atoms with Gasteiger partial charge in [0.1, 0.15) is 0 Å². The first-order chi connectivity index (χ1) is 11.3. The second kappa shape index (κ2) is 7.51. The number of likely N-dealkylation sites (tertiary alicyclic amines) is 1. The van der Waals surface area contributed by atoms with Crippen molar-refractivity contribution in [1.82, 2.24) is 4.90 Å². The van der Waals surface area contributed by atoms with E-state index >= 15 is 0 Å². The van der Waals surface area contributed by atoms with Crippen LogP contribution in [0, 0.1) is 0 Å². The molecule has 1 aliphatic heterocycles. The fourth-order valence-corrected chi connectivity index (χ4v) is 2.89. The van der Waals surface area contributed by atoms with Gasteiger partial charge in [0.25, 0.3) is 0 Å². The lowest BCUT2D eigenvalue weighted by molar-refractivity contribution is -0.131. The molecule has 4 nitrogen and oxygen atoms in total. The molecule has 0 bridgehead atoms. The van der Waals surface area contributed by atoms with E-state index in [4.69, 9.17) is 5.73 Å². The molecule has 2 rings (SSSR count). The maximum Gasteiger partial charge on any atom is 0.417 e. The van der Waals surface area contributed by atoms with Gasteiger partial charge in [-0.1, -0.05) is 30.3 Å². The number of rotatable bonds is 4. The third kappa shape index (κ3) is 4.59. The van der Waals surface area contributed by atoms with E-state index in [0.717, 1.165) is 6.42 Å². The van der Waals surface area contributed by atoms with E-state index in [1.54, 1.807) is 6.07 Å². The van der Waals surface area contributed by atoms with Gasteiger partial charge < -0.3 is 10.6 Å². The lowest BCUT2D eigenvalue weighted by atomic mass is 9.98. The molecule has 1 fully saturated rings. The fraction of sp³-hybridized carbons (Fsp3) is 0.412. The summed E-state index contributed by atoms with van der Waals surface area (Å²) >= 11 is 0. The zero-order chi connectivity index (χ0) is 17.7. The second-order valence-corrected chi connectivity index (χ2v) is 5.77. The van der Waals surface area contributed by atoms with Crippen LogP contribution in [0.1, 0.15) is 31.2 Å². The number of carbonyl (C=O) groups excluding carboxylic acids is 2. The van der Waals surface area contributed by atoms with E-state index in [9.17, 15) is 22.8 Å². The van der Waals surface area contributed by atoms with Gasteiger partial charge in [-0.25, -0.2) is 0 Å². The number of halogens is 3. The number of nitrogens with zero attached hydrogens (tertiary/aromatic N) is 1. The predicted octanol–water partition coefficient (Wildman–Crippen LogP) is 2.89. The quantitative estimate of drug-likeness (QED) is 0.857. The van der Waals surface area contributed by atoms with Crippen LogP contribution in [0.4, 0.5) is 13.2 Å². The smallest absolute Gasteiger partial charge is 0.370 e. The second-order valence-electron chi connectivity index (χ2n) is 5.77. The third-order valence-corrected chi connectivity index (χ3v) is 4.01. The van der Waals surface area contributed by atoms with Crippen molar-refractivity contribution >= 4 is 17.4 Å². The Labute approximate surface area is 138 Å². The summed E-state index contributed by atoms with van der Waals surface area (Å²) in [6, 6.07) is 6.75. The van der Waals surface area contributed by atoms with Gasteiger partial charge in [-0.3, -0.25) is 9.59 Å². The first-order valence-electron chi connectivity index (χ1n) is 7.72. The minimum Gasteiger partial charge on any atom is -0.370 e. The monoisotopic (exact) mass is 340 g/mol. The average Bonchev–Trinajstić information content (AvgIpc) is 2.52. The van der Waals surface area contributed by atoms with E-state index < -0.39 is 29.6 Å². The minimum atomic E-state index is -4.65. The molecule has 1 aromatic carbocycles. The van der Waals surface area contributed by atoms with Gasteiger partial charge in [0, 0.05) is 25.1 Å². The molecular weight excluding hydrogens is 321 g/mol. The maximum absolute atomic E-state index is 13.3. The lowest BCUT2D eigenvalue weighted by Crippen LogP contribution is -2.45. The molecule has 1 heterocycles. The third-order valence-electron chi connectivity index (χ3n) is 4.01. The summed E-state index contributed by atoms with van der Waals surface area (Å²) in [5, 5.41) is 0. The summed E-state index contributed by atoms with van der Waals surface area (Å²) < 4.78 is 40.0. The van der Waals surface area contributed by atoms with E-state index in [-0.39, 0.29) is 12.0 Å². The van der Waals surface area contributed by atoms with Crippen molar-refractivity contribution < 1.29 is 22.8 Å². The fourth-order valence-electron chi connectivity index (χ4n) is 2.89. The Morgan fingerprint density at radius 3 is 2.46 bits per heavy atom. The van der Waals surface area contributed by atoms with Crippen LogP contribution >= 0.6 is 0 Å². The number of hydrogen-bond acceptors (Lipinski definition) is 2. The van der Waals surface area contributed by atoms with Crippen LogP contribution in [-0.2, 0) is 9.59 Å². The zero-order valence-corrected chi connectivity index (χ0v) is 13.1. The summed E-state index contributed by atoms with van der Waals surface area (Å²) in [5.41, 5.74) is 4.12. The molecule has 1 aliphatic rings. The van der Waals surface area contributed by atoms with Gasteiger partial charge in [0.2, 0.25) is 11.8 Å². The summed E-state index contributed by atoms with van der Waals surface area (Å²) in [5.74, 6) is -1.31. The molecule has 0 aromatic heterocycles. The molecule has 1 aromatic rings. The summed E-state index contributed by atoms with van der Waals surface area (Å²) in [7, 11) is 0. The van der Waals surface area contributed by atoms with Crippen LogP contribution in [0.15, 0.2) is 36.4 Å². The molecule has 2 amide bonds. The number of allylic oxidation sites excluding steroid dienone is 1. The Morgan fingerprint density at radius 1 is 1.21 bits per heavy atom. The van der Waals surface area contributed by atoms with Gasteiger partial charge in [-0.2, -0.15) is 13.2 Å². The molecule has 130 valence electrons. The number of primary amides is 1. The van der Waals surface area contributed by atoms with E-state index in [1.807, 2.05) is 0 Å². The van der Waals surface area contributed by atoms with E-state index in [0.29, 0.717) is 25.5 Å². The van der Waals surface area contributed by atoms with Crippen LogP contribution in [0.5, 0.6) is 0 Å². The van der Waals surface area contributed by atoms with Crippen molar-refractivity contribution in [2.45, 2.75) is 37.9 Å². The van der Waals surface area contributed by atoms with Crippen molar-refractivity contribution in [1.29, 1.82) is 0 Å². The number of benzene rings is 1. The highest BCUT2D eigenvalue weighted by Crippen LogP contribution is 2.34. The molecule has 0 radical (unpaired) electrons. The molecule has 1 saturated heterocycles. The Balaban J connectivity index is 2.30. The normalized spacial score (nSPS) is 19.2. The van der Waals surface area contributed by atoms with Crippen molar-refractivity contribution in [3.05, 3.63) is 42.0 Å². The number of alkyl halides is 3. The highest BCUT2D eigenvalue weighted by atomic mass is 19.4. The molecule has 2 N–H and O–H groups in total. The number of hydrogen-bond donors (Lipinski definition) is 1. The van der Waals surface area contributed by atoms with Crippen LogP contribution in [0.3, 0.4) is 0 Å². The molecule has 0 aliphatic carbocycles. The van der Waals surface area contributed by atoms with Gasteiger partial charge in [0.05, 0.1) is 5.57 Å². The Kier molecular flexibility index (Phi) is 5.64. The maximum atomic E-state index is 13.3. The van der Waals surface area contributed by atoms with Crippen LogP contribution in [0.25, 0.3) is 5.57 Å². The van der Waals surface area contributed by atoms with Crippen LogP contribution in [-0.4, -0.2) is 35.5 Å². The minimum absolute atomic E-state index is 0.0354. The molecular formula is C17H19F3N2O2. The molecule has 1 atom stereocenters. The molecule has 24 heavy (non-hydrogen) atoms. The number of amides is 2. The molecule has 7 heteroatoms. The average molecular weight is 340 g/mol. The highest BCUT2D eigenvalue weighted by molar-refractivity contribution is 5.96. The number of nitrogens with two attached hydrogens (primary N) is 1. The Hall–Kier alpha value is -2.31. The van der Waals surface area contributed by atoms with Crippen LogP contribution in [0.2, 0.25) is 0 Å². The first kappa shape index (κ1) is 18.0. The van der Waals surface area contributed by atoms with Gasteiger partial charge in [-0.05, 0) is 24.8 Å². The lowest BCUT2D eigenvalue weighted by Gasteiger charge is -2.34. The van der Waals surface area contributed by atoms with Gasteiger partial charge >= 0.3 is 6.18 Å². The SMILES string of the molecule is NC(=O)CC1CCCCN1C(=O)/C=C(/c1ccccc1)C(F)(F)F. The molecule has 0 saturated carbocycles. The van der Waals surface area contributed by atoms with Crippen molar-refractivity contribution in [3.8, 4) is 0 Å². The van der Waals surface area contributed by atoms with Gasteiger partial charge in [-0.15, -0.1) is 0 Å². The van der Waals surface area contributed by atoms with Crippen molar-refractivity contribution in [2.75, 3.05) is 6.54 Å². The number of piperidine rings is 1. The van der Waals surface area contributed by atoms with Gasteiger partial charge in [0.15, 0.2) is 0 Å². The predicted molar refractivity (Wildman–Crippen MR) is 83.6 cm³/mol. The molecule has 1 unspecified atom stereocenters. The first-order valence-corrected chi connectivity index (χ1v) is 7.72. The summed E-state index contributed by atoms with van der Waals surface area (Å²) in [6.07, 6.45) is -1.99. The van der Waals surface area contributed by atoms with Crippen LogP contribution < -0.4 is 5.73 Å². The largest absolute Gasteiger partial charge is 0.417 e. The number of carbonyl (C=O) groups is 2. The zero-order valence-electron chi connectivity index (χ0n) is 13.1. The summed E-state index contributed by atoms with van der Waals surface area (Å²) in [6.45, 7) is 0.327. The standard InChI is InChI=1S/C17H19F3N2O2/c18-17(19,20)14(12-6-2-1-3-7-12)11-16(24)22-9-5-4-8-13(22)10-15(21)23/h1-3,6-7,11,13H,4-5,8-10H2,(H2,21,23)/b14-11-. The topological polar surface area (TPSA) is 63.4 Å². The Morgan fingerprint density at radius 2 is 1.88 bits per heavy atom. The highest BCUT2D eigenvalue weighted by Gasteiger charge is 2.36. The van der Waals surface area contributed by atoms with Crippen molar-refractivity contribution in [2.24, 2.45) is 5.73 Å². The molecule has 0 spiro atoms. The van der Waals surface area contributed by atoms with E-state index in [1.165, 1.54) is 29.2 Å².